The molecule has 15 heavy (non-hydrogen) atoms. The Kier molecular flexibility index (Phi) is 3.73. The summed E-state index contributed by atoms with van der Waals surface area (Å²) >= 11 is 0. The molecule has 1 nitrogen and oxygen atoms in total. The van der Waals surface area contributed by atoms with Crippen LogP contribution in [0.15, 0.2) is 42.5 Å². The van der Waals surface area contributed by atoms with Crippen LogP contribution in [0.1, 0.15) is 21.3 Å². The fourth-order valence-electron chi connectivity index (χ4n) is 1.55. The number of benzene rings is 2. The molecule has 0 radical (unpaired) electrons. The smallest absolute Gasteiger partial charge is 0.127 e. The van der Waals surface area contributed by atoms with Crippen LogP contribution in [0.4, 0.5) is 0 Å². The van der Waals surface area contributed by atoms with E-state index in [2.05, 4.69) is 18.2 Å². The summed E-state index contributed by atoms with van der Waals surface area (Å²) in [7, 11) is 0. The summed E-state index contributed by atoms with van der Waals surface area (Å²) in [5.74, 6) is 0.970. The lowest BCUT2D eigenvalue weighted by molar-refractivity contribution is 0.245. The molecular formula is C14H18O. The molecule has 1 heteroatoms. The van der Waals surface area contributed by atoms with Crippen molar-refractivity contribution in [3.63, 3.8) is 0 Å². The van der Waals surface area contributed by atoms with E-state index in [1.165, 1.54) is 10.8 Å². The lowest BCUT2D eigenvalue weighted by atomic mass is 10.1. The summed E-state index contributed by atoms with van der Waals surface area (Å²) in [6, 6.07) is 14.4. The van der Waals surface area contributed by atoms with Crippen LogP contribution in [0.25, 0.3) is 10.8 Å². The molecule has 0 saturated heterocycles. The molecule has 0 aromatic heterocycles. The summed E-state index contributed by atoms with van der Waals surface area (Å²) in [5, 5.41) is 2.41. The van der Waals surface area contributed by atoms with Gasteiger partial charge in [0.15, 0.2) is 0 Å². The van der Waals surface area contributed by atoms with Gasteiger partial charge >= 0.3 is 0 Å². The van der Waals surface area contributed by atoms with Crippen molar-refractivity contribution in [1.29, 1.82) is 0 Å². The van der Waals surface area contributed by atoms with E-state index in [4.69, 9.17) is 4.74 Å². The Morgan fingerprint density at radius 3 is 2.33 bits per heavy atom. The van der Waals surface area contributed by atoms with Crippen molar-refractivity contribution >= 4 is 10.8 Å². The maximum absolute atomic E-state index is 5.73. The van der Waals surface area contributed by atoms with Gasteiger partial charge in [0, 0.05) is 5.39 Å². The first-order valence-corrected chi connectivity index (χ1v) is 4.92. The molecule has 0 unspecified atom stereocenters. The summed E-state index contributed by atoms with van der Waals surface area (Å²) in [6.07, 6.45) is 0.223. The highest BCUT2D eigenvalue weighted by Gasteiger charge is 2.01. The standard InChI is InChI=1S/C13H14O.CH4/c1-10(2)14-13-9-5-7-11-6-3-4-8-12(11)13;/h3-10H,1-2H3;1H4. The SMILES string of the molecule is C.CC(C)Oc1cccc2ccccc12. The van der Waals surface area contributed by atoms with Crippen molar-refractivity contribution in [3.05, 3.63) is 42.5 Å². The minimum atomic E-state index is 0. The zero-order chi connectivity index (χ0) is 9.97. The van der Waals surface area contributed by atoms with Crippen LogP contribution in [0.3, 0.4) is 0 Å². The first-order valence-electron chi connectivity index (χ1n) is 4.92. The average molecular weight is 202 g/mol. The van der Waals surface area contributed by atoms with E-state index >= 15 is 0 Å². The molecule has 0 aliphatic carbocycles. The molecular weight excluding hydrogens is 184 g/mol. The monoisotopic (exact) mass is 202 g/mol. The summed E-state index contributed by atoms with van der Waals surface area (Å²) in [5.41, 5.74) is 0. The molecule has 0 fully saturated rings. The van der Waals surface area contributed by atoms with Crippen LogP contribution < -0.4 is 4.74 Å². The lowest BCUT2D eigenvalue weighted by Crippen LogP contribution is -2.05. The number of fused-ring (bicyclic) bond motifs is 1. The largest absolute Gasteiger partial charge is 0.490 e. The van der Waals surface area contributed by atoms with Crippen LogP contribution in [0.5, 0.6) is 5.75 Å². The van der Waals surface area contributed by atoms with Gasteiger partial charge in [0.05, 0.1) is 6.10 Å². The molecule has 0 N–H and O–H groups in total. The van der Waals surface area contributed by atoms with E-state index in [9.17, 15) is 0 Å². The average Bonchev–Trinajstić information content (AvgIpc) is 2.18. The summed E-state index contributed by atoms with van der Waals surface area (Å²) < 4.78 is 5.73. The van der Waals surface area contributed by atoms with Gasteiger partial charge in [0.25, 0.3) is 0 Å². The Labute approximate surface area is 91.7 Å². The molecule has 0 aliphatic rings. The minimum Gasteiger partial charge on any atom is -0.490 e. The maximum atomic E-state index is 5.73. The maximum Gasteiger partial charge on any atom is 0.127 e. The van der Waals surface area contributed by atoms with Gasteiger partial charge in [-0.05, 0) is 25.3 Å². The van der Waals surface area contributed by atoms with Gasteiger partial charge in [0.1, 0.15) is 5.75 Å². The molecule has 80 valence electrons. The van der Waals surface area contributed by atoms with E-state index < -0.39 is 0 Å². The normalized spacial score (nSPS) is 10.1. The zero-order valence-corrected chi connectivity index (χ0v) is 8.53. The Morgan fingerprint density at radius 1 is 0.933 bits per heavy atom. The fraction of sp³-hybridized carbons (Fsp3) is 0.286. The fourth-order valence-corrected chi connectivity index (χ4v) is 1.55. The van der Waals surface area contributed by atoms with Crippen molar-refractivity contribution in [3.8, 4) is 5.75 Å². The van der Waals surface area contributed by atoms with Crippen molar-refractivity contribution in [2.75, 3.05) is 0 Å². The van der Waals surface area contributed by atoms with Crippen molar-refractivity contribution in [1.82, 2.24) is 0 Å². The minimum absolute atomic E-state index is 0. The second-order valence-electron chi connectivity index (χ2n) is 3.64. The van der Waals surface area contributed by atoms with Crippen LogP contribution >= 0.6 is 0 Å². The van der Waals surface area contributed by atoms with Crippen LogP contribution in [0, 0.1) is 0 Å². The highest BCUT2D eigenvalue weighted by molar-refractivity contribution is 5.88. The van der Waals surface area contributed by atoms with Gasteiger partial charge in [-0.15, -0.1) is 0 Å². The molecule has 0 aliphatic heterocycles. The summed E-state index contributed by atoms with van der Waals surface area (Å²) in [6.45, 7) is 4.09. The molecule has 0 saturated carbocycles. The predicted octanol–water partition coefficient (Wildman–Crippen LogP) is 4.26. The number of ether oxygens (including phenoxy) is 1. The molecule has 0 amide bonds. The number of hydrogen-bond acceptors (Lipinski definition) is 1. The quantitative estimate of drug-likeness (QED) is 0.707. The van der Waals surface area contributed by atoms with Crippen LogP contribution in [-0.4, -0.2) is 6.10 Å². The first kappa shape index (κ1) is 11.6. The van der Waals surface area contributed by atoms with Crippen molar-refractivity contribution in [2.24, 2.45) is 0 Å². The van der Waals surface area contributed by atoms with E-state index in [0.29, 0.717) is 0 Å². The van der Waals surface area contributed by atoms with Crippen molar-refractivity contribution < 1.29 is 4.74 Å². The van der Waals surface area contributed by atoms with Crippen LogP contribution in [0.2, 0.25) is 0 Å². The number of rotatable bonds is 2. The third-order valence-electron chi connectivity index (χ3n) is 2.11. The number of hydrogen-bond donors (Lipinski definition) is 0. The molecule has 0 atom stereocenters. The Bertz CT molecular complexity index is 427. The molecule has 2 aromatic carbocycles. The molecule has 0 heterocycles. The Balaban J connectivity index is 0.00000112. The highest BCUT2D eigenvalue weighted by atomic mass is 16.5. The lowest BCUT2D eigenvalue weighted by Gasteiger charge is -2.11. The third-order valence-corrected chi connectivity index (χ3v) is 2.11. The second-order valence-corrected chi connectivity index (χ2v) is 3.64. The summed E-state index contributed by atoms with van der Waals surface area (Å²) in [4.78, 5) is 0. The van der Waals surface area contributed by atoms with Gasteiger partial charge in [-0.25, -0.2) is 0 Å². The molecule has 0 bridgehead atoms. The Morgan fingerprint density at radius 2 is 1.60 bits per heavy atom. The van der Waals surface area contributed by atoms with Gasteiger partial charge in [0.2, 0.25) is 0 Å². The zero-order valence-electron chi connectivity index (χ0n) is 8.53. The Hall–Kier alpha value is -1.50. The third kappa shape index (κ3) is 2.50. The van der Waals surface area contributed by atoms with Gasteiger partial charge in [-0.3, -0.25) is 0 Å². The van der Waals surface area contributed by atoms with E-state index in [1.54, 1.807) is 0 Å². The van der Waals surface area contributed by atoms with Crippen LogP contribution in [-0.2, 0) is 0 Å². The topological polar surface area (TPSA) is 9.23 Å². The van der Waals surface area contributed by atoms with Crippen molar-refractivity contribution in [2.45, 2.75) is 27.4 Å². The first-order chi connectivity index (χ1) is 6.77. The highest BCUT2D eigenvalue weighted by Crippen LogP contribution is 2.25. The van der Waals surface area contributed by atoms with E-state index in [0.717, 1.165) is 5.75 Å². The van der Waals surface area contributed by atoms with Gasteiger partial charge in [-0.2, -0.15) is 0 Å². The molecule has 0 spiro atoms. The van der Waals surface area contributed by atoms with E-state index in [-0.39, 0.29) is 13.5 Å². The van der Waals surface area contributed by atoms with E-state index in [1.807, 2.05) is 38.1 Å². The molecule has 2 aromatic rings. The van der Waals surface area contributed by atoms with Gasteiger partial charge < -0.3 is 4.74 Å². The predicted molar refractivity (Wildman–Crippen MR) is 66.4 cm³/mol. The molecule has 2 rings (SSSR count). The second kappa shape index (κ2) is 4.83. The van der Waals surface area contributed by atoms with Gasteiger partial charge in [-0.1, -0.05) is 43.8 Å².